The summed E-state index contributed by atoms with van der Waals surface area (Å²) in [4.78, 5) is 0. The van der Waals surface area contributed by atoms with Crippen molar-refractivity contribution >= 4 is 8.32 Å². The second-order valence-corrected chi connectivity index (χ2v) is 9.39. The van der Waals surface area contributed by atoms with Crippen LogP contribution in [-0.2, 0) is 4.43 Å². The average molecular weight is 230 g/mol. The second kappa shape index (κ2) is 8.34. The number of unbranched alkanes of at least 4 members (excludes halogenated alkanes) is 2. The van der Waals surface area contributed by atoms with Crippen LogP contribution in [0.1, 0.15) is 60.3 Å². The molecule has 0 aliphatic heterocycles. The van der Waals surface area contributed by atoms with E-state index < -0.39 is 8.32 Å². The van der Waals surface area contributed by atoms with Crippen LogP contribution in [-0.4, -0.2) is 14.4 Å². The number of hydrogen-bond acceptors (Lipinski definition) is 1. The fraction of sp³-hybridized carbons (Fsp3) is 1.00. The minimum Gasteiger partial charge on any atom is -0.414 e. The molecule has 15 heavy (non-hydrogen) atoms. The monoisotopic (exact) mass is 230 g/mol. The summed E-state index contributed by atoms with van der Waals surface area (Å²) in [6.07, 6.45) is 5.74. The molecule has 2 heteroatoms. The summed E-state index contributed by atoms with van der Waals surface area (Å²) in [6, 6.07) is 3.83. The van der Waals surface area contributed by atoms with Gasteiger partial charge in [0.1, 0.15) is 0 Å². The number of rotatable bonds is 9. The summed E-state index contributed by atoms with van der Waals surface area (Å²) in [6.45, 7) is 11.4. The first-order valence-electron chi connectivity index (χ1n) is 6.81. The molecule has 0 aromatic carbocycles. The van der Waals surface area contributed by atoms with E-state index in [2.05, 4.69) is 34.6 Å². The molecule has 0 saturated heterocycles. The van der Waals surface area contributed by atoms with E-state index in [-0.39, 0.29) is 0 Å². The summed E-state index contributed by atoms with van der Waals surface area (Å²) >= 11 is 0. The van der Waals surface area contributed by atoms with Crippen molar-refractivity contribution in [2.45, 2.75) is 84.5 Å². The Labute approximate surface area is 97.7 Å². The lowest BCUT2D eigenvalue weighted by Crippen LogP contribution is -2.39. The van der Waals surface area contributed by atoms with Gasteiger partial charge in [-0.25, -0.2) is 0 Å². The predicted molar refractivity (Wildman–Crippen MR) is 71.9 cm³/mol. The molecule has 1 nitrogen and oxygen atoms in total. The molecule has 0 radical (unpaired) electrons. The SMILES string of the molecule is CCCCCC(C)O[Si](CC)(CC)CC. The zero-order valence-corrected chi connectivity index (χ0v) is 12.4. The van der Waals surface area contributed by atoms with E-state index >= 15 is 0 Å². The molecule has 92 valence electrons. The van der Waals surface area contributed by atoms with Gasteiger partial charge in [-0.1, -0.05) is 47.0 Å². The molecule has 0 amide bonds. The van der Waals surface area contributed by atoms with Crippen LogP contribution in [0.4, 0.5) is 0 Å². The molecular weight excluding hydrogens is 200 g/mol. The molecule has 0 rings (SSSR count). The largest absolute Gasteiger partial charge is 0.414 e. The first-order valence-corrected chi connectivity index (χ1v) is 9.34. The first kappa shape index (κ1) is 15.2. The van der Waals surface area contributed by atoms with Crippen molar-refractivity contribution in [3.8, 4) is 0 Å². The zero-order chi connectivity index (χ0) is 11.7. The van der Waals surface area contributed by atoms with Crippen molar-refractivity contribution in [1.29, 1.82) is 0 Å². The van der Waals surface area contributed by atoms with Gasteiger partial charge in [-0.05, 0) is 31.5 Å². The maximum absolute atomic E-state index is 6.37. The molecule has 0 N–H and O–H groups in total. The Kier molecular flexibility index (Phi) is 8.44. The van der Waals surface area contributed by atoms with E-state index in [4.69, 9.17) is 4.43 Å². The topological polar surface area (TPSA) is 9.23 Å². The van der Waals surface area contributed by atoms with E-state index in [9.17, 15) is 0 Å². The Bertz CT molecular complexity index is 135. The van der Waals surface area contributed by atoms with Crippen molar-refractivity contribution in [3.05, 3.63) is 0 Å². The van der Waals surface area contributed by atoms with Crippen LogP contribution in [0, 0.1) is 0 Å². The Morgan fingerprint density at radius 2 is 1.47 bits per heavy atom. The highest BCUT2D eigenvalue weighted by Crippen LogP contribution is 2.24. The van der Waals surface area contributed by atoms with Crippen LogP contribution >= 0.6 is 0 Å². The van der Waals surface area contributed by atoms with Crippen LogP contribution in [0.2, 0.25) is 18.1 Å². The van der Waals surface area contributed by atoms with Gasteiger partial charge in [0.25, 0.3) is 0 Å². The molecule has 0 bridgehead atoms. The molecule has 0 saturated carbocycles. The van der Waals surface area contributed by atoms with Crippen LogP contribution in [0.15, 0.2) is 0 Å². The molecular formula is C13H30OSi. The lowest BCUT2D eigenvalue weighted by Gasteiger charge is -2.31. The van der Waals surface area contributed by atoms with Crippen molar-refractivity contribution in [1.82, 2.24) is 0 Å². The Hall–Kier alpha value is 0.177. The standard InChI is InChI=1S/C13H30OSi/c1-6-10-11-12-13(5)14-15(7-2,8-3)9-4/h13H,6-12H2,1-5H3. The Morgan fingerprint density at radius 3 is 1.87 bits per heavy atom. The lowest BCUT2D eigenvalue weighted by molar-refractivity contribution is 0.191. The van der Waals surface area contributed by atoms with Gasteiger partial charge in [0.2, 0.25) is 0 Å². The van der Waals surface area contributed by atoms with Crippen molar-refractivity contribution in [3.63, 3.8) is 0 Å². The van der Waals surface area contributed by atoms with E-state index in [0.29, 0.717) is 6.10 Å². The lowest BCUT2D eigenvalue weighted by atomic mass is 10.1. The van der Waals surface area contributed by atoms with E-state index in [1.807, 2.05) is 0 Å². The van der Waals surface area contributed by atoms with Crippen LogP contribution < -0.4 is 0 Å². The summed E-state index contributed by atoms with van der Waals surface area (Å²) in [5, 5.41) is 0. The van der Waals surface area contributed by atoms with Crippen molar-refractivity contribution in [2.24, 2.45) is 0 Å². The number of hydrogen-bond donors (Lipinski definition) is 0. The van der Waals surface area contributed by atoms with Crippen LogP contribution in [0.3, 0.4) is 0 Å². The Morgan fingerprint density at radius 1 is 0.933 bits per heavy atom. The summed E-state index contributed by atoms with van der Waals surface area (Å²) in [7, 11) is -1.34. The molecule has 1 atom stereocenters. The first-order chi connectivity index (χ1) is 7.14. The van der Waals surface area contributed by atoms with Gasteiger partial charge in [0.15, 0.2) is 8.32 Å². The molecule has 0 heterocycles. The zero-order valence-electron chi connectivity index (χ0n) is 11.4. The maximum Gasteiger partial charge on any atom is 0.192 e. The fourth-order valence-corrected chi connectivity index (χ4v) is 5.14. The van der Waals surface area contributed by atoms with Gasteiger partial charge < -0.3 is 4.43 Å². The normalized spacial score (nSPS) is 14.2. The molecule has 0 aromatic heterocycles. The summed E-state index contributed by atoms with van der Waals surface area (Å²) in [5.41, 5.74) is 0. The van der Waals surface area contributed by atoms with Gasteiger partial charge in [0.05, 0.1) is 0 Å². The second-order valence-electron chi connectivity index (χ2n) is 4.67. The van der Waals surface area contributed by atoms with Gasteiger partial charge in [-0.15, -0.1) is 0 Å². The highest BCUT2D eigenvalue weighted by Gasteiger charge is 2.30. The highest BCUT2D eigenvalue weighted by atomic mass is 28.4. The summed E-state index contributed by atoms with van der Waals surface area (Å²) in [5.74, 6) is 0. The summed E-state index contributed by atoms with van der Waals surface area (Å²) < 4.78 is 6.37. The molecule has 1 unspecified atom stereocenters. The predicted octanol–water partition coefficient (Wildman–Crippen LogP) is 4.98. The quantitative estimate of drug-likeness (QED) is 0.401. The van der Waals surface area contributed by atoms with Crippen LogP contribution in [0.5, 0.6) is 0 Å². The smallest absolute Gasteiger partial charge is 0.192 e. The van der Waals surface area contributed by atoms with Gasteiger partial charge >= 0.3 is 0 Å². The van der Waals surface area contributed by atoms with Crippen molar-refractivity contribution < 1.29 is 4.43 Å². The van der Waals surface area contributed by atoms with E-state index in [1.54, 1.807) is 0 Å². The maximum atomic E-state index is 6.37. The molecule has 0 fully saturated rings. The molecule has 0 aliphatic rings. The van der Waals surface area contributed by atoms with Crippen LogP contribution in [0.25, 0.3) is 0 Å². The Balaban J connectivity index is 3.94. The minimum atomic E-state index is -1.34. The average Bonchev–Trinajstić information content (AvgIpc) is 2.26. The molecule has 0 aliphatic carbocycles. The third-order valence-electron chi connectivity index (χ3n) is 3.60. The third-order valence-corrected chi connectivity index (χ3v) is 8.37. The minimum absolute atomic E-state index is 0.489. The highest BCUT2D eigenvalue weighted by molar-refractivity contribution is 6.73. The van der Waals surface area contributed by atoms with Gasteiger partial charge in [-0.2, -0.15) is 0 Å². The fourth-order valence-electron chi connectivity index (χ4n) is 2.17. The van der Waals surface area contributed by atoms with Crippen molar-refractivity contribution in [2.75, 3.05) is 0 Å². The van der Waals surface area contributed by atoms with Gasteiger partial charge in [-0.3, -0.25) is 0 Å². The third kappa shape index (κ3) is 5.72. The van der Waals surface area contributed by atoms with E-state index in [0.717, 1.165) is 0 Å². The molecule has 0 spiro atoms. The molecule has 0 aromatic rings. The van der Waals surface area contributed by atoms with Gasteiger partial charge in [0, 0.05) is 6.10 Å². The van der Waals surface area contributed by atoms with E-state index in [1.165, 1.54) is 43.8 Å².